The number of carbonyl (C=O) groups is 3. The molecule has 3 N–H and O–H groups in total. The van der Waals surface area contributed by atoms with Crippen LogP contribution in [0.3, 0.4) is 0 Å². The number of hydrogen-bond acceptors (Lipinski definition) is 5. The zero-order valence-corrected chi connectivity index (χ0v) is 13.7. The molecule has 0 aromatic heterocycles. The van der Waals surface area contributed by atoms with Gasteiger partial charge in [-0.15, -0.1) is 11.8 Å². The summed E-state index contributed by atoms with van der Waals surface area (Å²) in [6.07, 6.45) is 8.01. The third-order valence-corrected chi connectivity index (χ3v) is 5.53. The third-order valence-electron chi connectivity index (χ3n) is 4.19. The molecule has 24 heavy (non-hydrogen) atoms. The maximum absolute atomic E-state index is 12.3. The van der Waals surface area contributed by atoms with Crippen LogP contribution in [0.25, 0.3) is 0 Å². The van der Waals surface area contributed by atoms with Gasteiger partial charge in [-0.2, -0.15) is 0 Å². The minimum absolute atomic E-state index is 0.158. The number of aliphatic carboxylic acids is 1. The van der Waals surface area contributed by atoms with Crippen molar-refractivity contribution in [3.8, 4) is 0 Å². The summed E-state index contributed by atoms with van der Waals surface area (Å²) in [5, 5.41) is 20.8. The first-order valence-corrected chi connectivity index (χ1v) is 8.73. The largest absolute Gasteiger partial charge is 0.477 e. The highest BCUT2D eigenvalue weighted by molar-refractivity contribution is 8.00. The Morgan fingerprint density at radius 2 is 2.17 bits per heavy atom. The molecule has 1 saturated heterocycles. The number of nitrogens with zero attached hydrogens (tertiary/aromatic N) is 1. The molecule has 0 aromatic rings. The van der Waals surface area contributed by atoms with Crippen molar-refractivity contribution < 1.29 is 24.6 Å². The van der Waals surface area contributed by atoms with Gasteiger partial charge < -0.3 is 15.5 Å². The van der Waals surface area contributed by atoms with Gasteiger partial charge in [0, 0.05) is 5.75 Å². The third kappa shape index (κ3) is 2.99. The van der Waals surface area contributed by atoms with Crippen LogP contribution in [0.4, 0.5) is 0 Å². The van der Waals surface area contributed by atoms with Gasteiger partial charge in [0.05, 0.1) is 13.0 Å². The Morgan fingerprint density at radius 1 is 1.38 bits per heavy atom. The number of amides is 2. The zero-order valence-electron chi connectivity index (χ0n) is 12.9. The minimum Gasteiger partial charge on any atom is -0.477 e. The topological polar surface area (TPSA) is 107 Å². The highest BCUT2D eigenvalue weighted by Gasteiger charge is 2.54. The van der Waals surface area contributed by atoms with Crippen molar-refractivity contribution in [2.24, 2.45) is 0 Å². The van der Waals surface area contributed by atoms with Crippen molar-refractivity contribution in [1.29, 1.82) is 0 Å². The number of rotatable bonds is 5. The molecule has 0 radical (unpaired) electrons. The van der Waals surface area contributed by atoms with Crippen LogP contribution < -0.4 is 5.32 Å². The standard InChI is InChI=1S/C16H18N2O5S/c19-7-10-8-24-15-12(14(21)18(15)13(10)16(22)23)17-11(20)6-9-4-2-1-3-5-9/h2,4-5,12,15,19H,1,3,6-8H2,(H,17,20)(H,22,23)/t12-,15-/m1/s1. The Labute approximate surface area is 143 Å². The normalized spacial score (nSPS) is 25.8. The maximum atomic E-state index is 12.3. The van der Waals surface area contributed by atoms with Gasteiger partial charge in [0.15, 0.2) is 0 Å². The molecular weight excluding hydrogens is 332 g/mol. The first kappa shape index (κ1) is 16.8. The van der Waals surface area contributed by atoms with E-state index in [9.17, 15) is 24.6 Å². The molecule has 0 bridgehead atoms. The monoisotopic (exact) mass is 350 g/mol. The average molecular weight is 350 g/mol. The second-order valence-corrected chi connectivity index (χ2v) is 6.91. The zero-order chi connectivity index (χ0) is 17.3. The van der Waals surface area contributed by atoms with Crippen molar-refractivity contribution in [3.63, 3.8) is 0 Å². The number of allylic oxidation sites excluding steroid dienone is 3. The number of nitrogens with one attached hydrogen (secondary N) is 1. The number of fused-ring (bicyclic) bond motifs is 1. The number of carbonyl (C=O) groups excluding carboxylic acids is 2. The molecule has 2 atom stereocenters. The van der Waals surface area contributed by atoms with Gasteiger partial charge >= 0.3 is 5.97 Å². The van der Waals surface area contributed by atoms with Crippen LogP contribution in [0, 0.1) is 0 Å². The van der Waals surface area contributed by atoms with Crippen LogP contribution in [0.1, 0.15) is 19.3 Å². The predicted molar refractivity (Wildman–Crippen MR) is 87.8 cm³/mol. The quantitative estimate of drug-likeness (QED) is 0.619. The molecule has 0 saturated carbocycles. The van der Waals surface area contributed by atoms with E-state index < -0.39 is 29.9 Å². The van der Waals surface area contributed by atoms with E-state index in [0.29, 0.717) is 11.3 Å². The van der Waals surface area contributed by atoms with Crippen LogP contribution in [0.2, 0.25) is 0 Å². The van der Waals surface area contributed by atoms with Gasteiger partial charge in [0.25, 0.3) is 5.91 Å². The van der Waals surface area contributed by atoms with E-state index in [0.717, 1.165) is 23.3 Å². The summed E-state index contributed by atoms with van der Waals surface area (Å²) in [4.78, 5) is 37.0. The highest BCUT2D eigenvalue weighted by atomic mass is 32.2. The number of thioether (sulfide) groups is 1. The highest BCUT2D eigenvalue weighted by Crippen LogP contribution is 2.40. The molecule has 8 heteroatoms. The van der Waals surface area contributed by atoms with Crippen LogP contribution in [-0.4, -0.2) is 56.7 Å². The van der Waals surface area contributed by atoms with Crippen LogP contribution >= 0.6 is 11.8 Å². The van der Waals surface area contributed by atoms with E-state index in [1.165, 1.54) is 11.8 Å². The second kappa shape index (κ2) is 6.82. The summed E-state index contributed by atoms with van der Waals surface area (Å²) in [6, 6.07) is -0.717. The fourth-order valence-electron chi connectivity index (χ4n) is 3.01. The van der Waals surface area contributed by atoms with Gasteiger partial charge in [-0.3, -0.25) is 14.5 Å². The Bertz CT molecular complexity index is 682. The molecule has 0 aromatic carbocycles. The Kier molecular flexibility index (Phi) is 4.77. The first-order valence-electron chi connectivity index (χ1n) is 7.68. The molecule has 2 heterocycles. The van der Waals surface area contributed by atoms with Gasteiger partial charge in [0.2, 0.25) is 5.91 Å². The van der Waals surface area contributed by atoms with Gasteiger partial charge in [-0.05, 0) is 24.0 Å². The maximum Gasteiger partial charge on any atom is 0.352 e. The Balaban J connectivity index is 1.66. The van der Waals surface area contributed by atoms with Crippen molar-refractivity contribution in [2.45, 2.75) is 30.7 Å². The molecule has 3 rings (SSSR count). The molecule has 1 fully saturated rings. The summed E-state index contributed by atoms with van der Waals surface area (Å²) in [6.45, 7) is -0.400. The van der Waals surface area contributed by atoms with Crippen LogP contribution in [0.5, 0.6) is 0 Å². The molecular formula is C16H18N2O5S. The number of aliphatic hydroxyl groups is 1. The molecule has 1 aliphatic carbocycles. The van der Waals surface area contributed by atoms with Crippen molar-refractivity contribution in [1.82, 2.24) is 10.2 Å². The molecule has 2 amide bonds. The minimum atomic E-state index is -1.24. The number of carboxylic acids is 1. The lowest BCUT2D eigenvalue weighted by Crippen LogP contribution is -2.70. The van der Waals surface area contributed by atoms with Gasteiger partial charge in [-0.25, -0.2) is 4.79 Å². The van der Waals surface area contributed by atoms with E-state index in [2.05, 4.69) is 5.32 Å². The molecule has 3 aliphatic rings. The Hall–Kier alpha value is -2.06. The number of aliphatic hydroxyl groups excluding tert-OH is 1. The predicted octanol–water partition coefficient (Wildman–Crippen LogP) is 0.384. The molecule has 7 nitrogen and oxygen atoms in total. The summed E-state index contributed by atoms with van der Waals surface area (Å²) >= 11 is 1.35. The number of carboxylic acid groups (broad SMARTS) is 1. The fourth-order valence-corrected chi connectivity index (χ4v) is 4.35. The lowest BCUT2D eigenvalue weighted by molar-refractivity contribution is -0.150. The van der Waals surface area contributed by atoms with Gasteiger partial charge in [-0.1, -0.05) is 18.2 Å². The van der Waals surface area contributed by atoms with E-state index >= 15 is 0 Å². The number of β-lactam (4-membered cyclic amide) rings is 1. The average Bonchev–Trinajstić information content (AvgIpc) is 2.58. The first-order chi connectivity index (χ1) is 11.5. The smallest absolute Gasteiger partial charge is 0.352 e. The molecule has 2 aliphatic heterocycles. The molecule has 0 unspecified atom stereocenters. The molecule has 128 valence electrons. The van der Waals surface area contributed by atoms with Gasteiger partial charge in [0.1, 0.15) is 17.1 Å². The van der Waals surface area contributed by atoms with Crippen molar-refractivity contribution in [2.75, 3.05) is 12.4 Å². The van der Waals surface area contributed by atoms with E-state index in [1.54, 1.807) is 0 Å². The molecule has 0 spiro atoms. The summed E-state index contributed by atoms with van der Waals surface area (Å²) in [7, 11) is 0. The van der Waals surface area contributed by atoms with Crippen LogP contribution in [0.15, 0.2) is 35.1 Å². The van der Waals surface area contributed by atoms with Crippen molar-refractivity contribution >= 4 is 29.5 Å². The number of hydrogen-bond donors (Lipinski definition) is 3. The van der Waals surface area contributed by atoms with Crippen LogP contribution in [-0.2, 0) is 14.4 Å². The SMILES string of the molecule is O=C(CC1=CCCC=C1)N[C@@H]1C(=O)N2C(C(=O)O)=C(CO)CS[C@H]12. The van der Waals surface area contributed by atoms with E-state index in [-0.39, 0.29) is 18.0 Å². The lowest BCUT2D eigenvalue weighted by atomic mass is 10.0. The summed E-state index contributed by atoms with van der Waals surface area (Å²) in [5.74, 6) is -1.61. The Morgan fingerprint density at radius 3 is 2.79 bits per heavy atom. The fraction of sp³-hybridized carbons (Fsp3) is 0.438. The second-order valence-electron chi connectivity index (χ2n) is 5.81. The summed E-state index contributed by atoms with van der Waals surface area (Å²) < 4.78 is 0. The lowest BCUT2D eigenvalue weighted by Gasteiger charge is -2.49. The summed E-state index contributed by atoms with van der Waals surface area (Å²) in [5.41, 5.74) is 1.08. The van der Waals surface area contributed by atoms with Crippen molar-refractivity contribution in [3.05, 3.63) is 35.1 Å². The van der Waals surface area contributed by atoms with E-state index in [1.807, 2.05) is 18.2 Å². The van der Waals surface area contributed by atoms with E-state index in [4.69, 9.17) is 0 Å².